The molecule has 0 unspecified atom stereocenters. The SMILES string of the molecule is Cc1cccn2c(=O)cc(CN(Cc3ccco3)C3CC3)nc12. The minimum Gasteiger partial charge on any atom is -0.468 e. The molecule has 0 aliphatic heterocycles. The number of pyridine rings is 1. The summed E-state index contributed by atoms with van der Waals surface area (Å²) in [5.41, 5.74) is 2.55. The van der Waals surface area contributed by atoms with E-state index in [-0.39, 0.29) is 5.56 Å². The molecule has 0 spiro atoms. The Bertz CT molecular complexity index is 879. The first-order valence-corrected chi connectivity index (χ1v) is 7.95. The number of aryl methyl sites for hydroxylation is 1. The Kier molecular flexibility index (Phi) is 3.50. The van der Waals surface area contributed by atoms with Gasteiger partial charge in [-0.05, 0) is 43.5 Å². The first-order chi connectivity index (χ1) is 11.2. The van der Waals surface area contributed by atoms with E-state index in [2.05, 4.69) is 4.90 Å². The molecule has 4 rings (SSSR count). The van der Waals surface area contributed by atoms with Gasteiger partial charge in [0.25, 0.3) is 5.56 Å². The van der Waals surface area contributed by atoms with E-state index in [1.165, 1.54) is 12.8 Å². The largest absolute Gasteiger partial charge is 0.468 e. The van der Waals surface area contributed by atoms with Gasteiger partial charge < -0.3 is 4.42 Å². The van der Waals surface area contributed by atoms with Crippen molar-refractivity contribution in [1.82, 2.24) is 14.3 Å². The van der Waals surface area contributed by atoms with Crippen molar-refractivity contribution in [2.24, 2.45) is 0 Å². The van der Waals surface area contributed by atoms with Gasteiger partial charge in [0.1, 0.15) is 11.4 Å². The van der Waals surface area contributed by atoms with Gasteiger partial charge >= 0.3 is 0 Å². The maximum Gasteiger partial charge on any atom is 0.258 e. The van der Waals surface area contributed by atoms with Crippen molar-refractivity contribution < 1.29 is 4.42 Å². The van der Waals surface area contributed by atoms with Crippen molar-refractivity contribution in [3.8, 4) is 0 Å². The van der Waals surface area contributed by atoms with Crippen LogP contribution in [-0.2, 0) is 13.1 Å². The lowest BCUT2D eigenvalue weighted by atomic mass is 10.2. The molecule has 0 amide bonds. The third-order valence-corrected chi connectivity index (χ3v) is 4.31. The molecular formula is C18H19N3O2. The van der Waals surface area contributed by atoms with Crippen LogP contribution in [0.2, 0.25) is 0 Å². The van der Waals surface area contributed by atoms with E-state index in [4.69, 9.17) is 9.40 Å². The van der Waals surface area contributed by atoms with Crippen molar-refractivity contribution in [2.75, 3.05) is 0 Å². The first-order valence-electron chi connectivity index (χ1n) is 7.95. The zero-order chi connectivity index (χ0) is 15.8. The van der Waals surface area contributed by atoms with E-state index in [0.717, 1.165) is 29.2 Å². The standard InChI is InChI=1S/C18H19N3O2/c1-13-4-2-8-21-17(22)10-14(19-18(13)21)11-20(15-6-7-15)12-16-5-3-9-23-16/h2-5,8-10,15H,6-7,11-12H2,1H3. The van der Waals surface area contributed by atoms with Gasteiger partial charge in [-0.25, -0.2) is 4.98 Å². The monoisotopic (exact) mass is 309 g/mol. The minimum atomic E-state index is -0.0255. The van der Waals surface area contributed by atoms with Crippen LogP contribution in [-0.4, -0.2) is 20.3 Å². The zero-order valence-electron chi connectivity index (χ0n) is 13.1. The van der Waals surface area contributed by atoms with Crippen LogP contribution in [0.15, 0.2) is 52.0 Å². The predicted octanol–water partition coefficient (Wildman–Crippen LogP) is 2.76. The van der Waals surface area contributed by atoms with Crippen molar-refractivity contribution in [1.29, 1.82) is 0 Å². The fourth-order valence-electron chi connectivity index (χ4n) is 2.95. The van der Waals surface area contributed by atoms with Crippen LogP contribution < -0.4 is 5.56 Å². The molecular weight excluding hydrogens is 290 g/mol. The van der Waals surface area contributed by atoms with Crippen LogP contribution in [0.3, 0.4) is 0 Å². The highest BCUT2D eigenvalue weighted by atomic mass is 16.3. The number of hydrogen-bond acceptors (Lipinski definition) is 4. The fraction of sp³-hybridized carbons (Fsp3) is 0.333. The van der Waals surface area contributed by atoms with Crippen LogP contribution in [0, 0.1) is 6.92 Å². The molecule has 23 heavy (non-hydrogen) atoms. The summed E-state index contributed by atoms with van der Waals surface area (Å²) >= 11 is 0. The van der Waals surface area contributed by atoms with Gasteiger partial charge in [-0.1, -0.05) is 6.07 Å². The van der Waals surface area contributed by atoms with Gasteiger partial charge in [0, 0.05) is 24.8 Å². The summed E-state index contributed by atoms with van der Waals surface area (Å²) in [6.07, 6.45) is 5.87. The molecule has 118 valence electrons. The second-order valence-electron chi connectivity index (χ2n) is 6.19. The summed E-state index contributed by atoms with van der Waals surface area (Å²) in [7, 11) is 0. The lowest BCUT2D eigenvalue weighted by Crippen LogP contribution is -2.27. The topological polar surface area (TPSA) is 50.8 Å². The van der Waals surface area contributed by atoms with Crippen molar-refractivity contribution in [2.45, 2.75) is 38.9 Å². The van der Waals surface area contributed by atoms with Crippen molar-refractivity contribution in [3.05, 3.63) is 70.2 Å². The molecule has 0 radical (unpaired) electrons. The summed E-state index contributed by atoms with van der Waals surface area (Å²) in [4.78, 5) is 19.4. The number of fused-ring (bicyclic) bond motifs is 1. The lowest BCUT2D eigenvalue weighted by molar-refractivity contribution is 0.222. The van der Waals surface area contributed by atoms with E-state index in [1.807, 2.05) is 31.2 Å². The van der Waals surface area contributed by atoms with E-state index < -0.39 is 0 Å². The van der Waals surface area contributed by atoms with Crippen molar-refractivity contribution in [3.63, 3.8) is 0 Å². The Morgan fingerprint density at radius 1 is 1.30 bits per heavy atom. The van der Waals surface area contributed by atoms with Crippen LogP contribution >= 0.6 is 0 Å². The molecule has 3 aromatic heterocycles. The molecule has 0 atom stereocenters. The Labute approximate surface area is 134 Å². The van der Waals surface area contributed by atoms with Crippen LogP contribution in [0.4, 0.5) is 0 Å². The zero-order valence-corrected chi connectivity index (χ0v) is 13.1. The maximum absolute atomic E-state index is 12.3. The molecule has 0 saturated heterocycles. The summed E-state index contributed by atoms with van der Waals surface area (Å²) in [5.74, 6) is 0.950. The molecule has 0 N–H and O–H groups in total. The summed E-state index contributed by atoms with van der Waals surface area (Å²) in [6.45, 7) is 3.41. The molecule has 1 aliphatic rings. The molecule has 5 nitrogen and oxygen atoms in total. The Morgan fingerprint density at radius 3 is 2.91 bits per heavy atom. The van der Waals surface area contributed by atoms with Crippen LogP contribution in [0.5, 0.6) is 0 Å². The van der Waals surface area contributed by atoms with Crippen LogP contribution in [0.25, 0.3) is 5.65 Å². The van der Waals surface area contributed by atoms with E-state index in [0.29, 0.717) is 12.6 Å². The molecule has 5 heteroatoms. The third kappa shape index (κ3) is 2.92. The molecule has 3 heterocycles. The number of rotatable bonds is 5. The number of nitrogens with zero attached hydrogens (tertiary/aromatic N) is 3. The average Bonchev–Trinajstić information content (AvgIpc) is 3.26. The molecule has 1 fully saturated rings. The summed E-state index contributed by atoms with van der Waals surface area (Å²) in [6, 6.07) is 9.96. The lowest BCUT2D eigenvalue weighted by Gasteiger charge is -2.20. The van der Waals surface area contributed by atoms with E-state index in [1.54, 1.807) is 22.9 Å². The quantitative estimate of drug-likeness (QED) is 0.727. The Morgan fingerprint density at radius 2 is 2.17 bits per heavy atom. The first kappa shape index (κ1) is 14.2. The smallest absolute Gasteiger partial charge is 0.258 e. The average molecular weight is 309 g/mol. The number of aromatic nitrogens is 2. The van der Waals surface area contributed by atoms with Gasteiger partial charge in [0.2, 0.25) is 0 Å². The van der Waals surface area contributed by atoms with Crippen LogP contribution in [0.1, 0.15) is 29.9 Å². The van der Waals surface area contributed by atoms with Gasteiger partial charge in [-0.2, -0.15) is 0 Å². The van der Waals surface area contributed by atoms with Gasteiger partial charge in [0.05, 0.1) is 18.5 Å². The summed E-state index contributed by atoms with van der Waals surface area (Å²) in [5, 5.41) is 0. The third-order valence-electron chi connectivity index (χ3n) is 4.31. The molecule has 1 aliphatic carbocycles. The Hall–Kier alpha value is -2.40. The molecule has 0 bridgehead atoms. The van der Waals surface area contributed by atoms with E-state index in [9.17, 15) is 4.79 Å². The van der Waals surface area contributed by atoms with Crippen molar-refractivity contribution >= 4 is 5.65 Å². The fourth-order valence-corrected chi connectivity index (χ4v) is 2.95. The molecule has 1 saturated carbocycles. The van der Waals surface area contributed by atoms with E-state index >= 15 is 0 Å². The minimum absolute atomic E-state index is 0.0255. The predicted molar refractivity (Wildman–Crippen MR) is 87.2 cm³/mol. The number of hydrogen-bond donors (Lipinski definition) is 0. The maximum atomic E-state index is 12.3. The highest BCUT2D eigenvalue weighted by Crippen LogP contribution is 2.29. The van der Waals surface area contributed by atoms with Gasteiger partial charge in [-0.15, -0.1) is 0 Å². The second-order valence-corrected chi connectivity index (χ2v) is 6.19. The van der Waals surface area contributed by atoms with Gasteiger partial charge in [-0.3, -0.25) is 14.1 Å². The highest BCUT2D eigenvalue weighted by Gasteiger charge is 2.30. The molecule has 3 aromatic rings. The van der Waals surface area contributed by atoms with Gasteiger partial charge in [0.15, 0.2) is 0 Å². The molecule has 0 aromatic carbocycles. The second kappa shape index (κ2) is 5.66. The highest BCUT2D eigenvalue weighted by molar-refractivity contribution is 5.46. The summed E-state index contributed by atoms with van der Waals surface area (Å²) < 4.78 is 7.07. The Balaban J connectivity index is 1.65. The number of furan rings is 1. The normalized spacial score (nSPS) is 14.7.